The molecule has 1 aliphatic rings. The van der Waals surface area contributed by atoms with Gasteiger partial charge in [-0.05, 0) is 49.2 Å². The normalized spacial score (nSPS) is 14.7. The molecule has 0 unspecified atom stereocenters. The van der Waals surface area contributed by atoms with Crippen molar-refractivity contribution in [2.24, 2.45) is 0 Å². The summed E-state index contributed by atoms with van der Waals surface area (Å²) in [6, 6.07) is 17.3. The number of halogens is 1. The van der Waals surface area contributed by atoms with Gasteiger partial charge in [-0.1, -0.05) is 18.2 Å². The number of benzene rings is 2. The van der Waals surface area contributed by atoms with E-state index in [0.29, 0.717) is 18.8 Å². The van der Waals surface area contributed by atoms with E-state index in [1.165, 1.54) is 0 Å². The Balaban J connectivity index is 1.32. The molecule has 0 saturated carbocycles. The molecule has 1 aliphatic heterocycles. The number of urea groups is 1. The molecular formula is C25H30FN5O2. The molecule has 1 aromatic heterocycles. The number of piperidine rings is 1. The van der Waals surface area contributed by atoms with Gasteiger partial charge in [0.2, 0.25) is 0 Å². The van der Waals surface area contributed by atoms with Crippen LogP contribution in [0.2, 0.25) is 0 Å². The first-order valence-electron chi connectivity index (χ1n) is 11.3. The Bertz CT molecular complexity index is 1090. The number of aromatic nitrogens is 1. The first-order chi connectivity index (χ1) is 16.1. The molecule has 0 atom stereocenters. The molecule has 0 radical (unpaired) electrons. The van der Waals surface area contributed by atoms with E-state index >= 15 is 0 Å². The standard InChI is InChI=1S/C25H30FN5O2/c1-33-23-5-3-2-4-19(23)17-27-24-9-6-18-16-21(7-8-22(18)30-24)29-25(32)28-20-10-13-31(14-11-20)15-12-26/h2-9,16,20H,10-15,17H2,1H3,(H,27,30)(H2,28,29,32). The lowest BCUT2D eigenvalue weighted by molar-refractivity contribution is 0.184. The Labute approximate surface area is 193 Å². The van der Waals surface area contributed by atoms with Crippen LogP contribution in [0.1, 0.15) is 18.4 Å². The van der Waals surface area contributed by atoms with Crippen molar-refractivity contribution in [3.8, 4) is 5.75 Å². The van der Waals surface area contributed by atoms with Gasteiger partial charge in [0.05, 0.1) is 12.6 Å². The Hall–Kier alpha value is -3.39. The largest absolute Gasteiger partial charge is 0.496 e. The van der Waals surface area contributed by atoms with Gasteiger partial charge in [-0.25, -0.2) is 14.2 Å². The second-order valence-electron chi connectivity index (χ2n) is 8.17. The number of hydrogen-bond acceptors (Lipinski definition) is 5. The van der Waals surface area contributed by atoms with E-state index in [2.05, 4.69) is 25.8 Å². The van der Waals surface area contributed by atoms with Gasteiger partial charge in [-0.3, -0.25) is 0 Å². The molecule has 1 fully saturated rings. The number of likely N-dealkylation sites (tertiary alicyclic amines) is 1. The molecule has 8 heteroatoms. The second kappa shape index (κ2) is 11.0. The molecule has 0 bridgehead atoms. The SMILES string of the molecule is COc1ccccc1CNc1ccc2cc(NC(=O)NC3CCN(CCF)CC3)ccc2n1. The monoisotopic (exact) mass is 451 g/mol. The minimum Gasteiger partial charge on any atom is -0.496 e. The highest BCUT2D eigenvalue weighted by Crippen LogP contribution is 2.22. The van der Waals surface area contributed by atoms with Gasteiger partial charge in [0, 0.05) is 48.9 Å². The quantitative estimate of drug-likeness (QED) is 0.473. The smallest absolute Gasteiger partial charge is 0.319 e. The lowest BCUT2D eigenvalue weighted by atomic mass is 10.1. The molecule has 1 saturated heterocycles. The van der Waals surface area contributed by atoms with E-state index in [4.69, 9.17) is 4.74 Å². The summed E-state index contributed by atoms with van der Waals surface area (Å²) >= 11 is 0. The van der Waals surface area contributed by atoms with Gasteiger partial charge in [0.1, 0.15) is 18.2 Å². The molecule has 3 N–H and O–H groups in total. The summed E-state index contributed by atoms with van der Waals surface area (Å²) in [6.07, 6.45) is 1.67. The van der Waals surface area contributed by atoms with Crippen LogP contribution in [-0.4, -0.2) is 55.4 Å². The van der Waals surface area contributed by atoms with Crippen molar-refractivity contribution in [1.82, 2.24) is 15.2 Å². The number of rotatable bonds is 8. The average molecular weight is 452 g/mol. The number of amides is 2. The Morgan fingerprint density at radius 1 is 1.15 bits per heavy atom. The minimum absolute atomic E-state index is 0.111. The lowest BCUT2D eigenvalue weighted by Crippen LogP contribution is -2.46. The van der Waals surface area contributed by atoms with Crippen LogP contribution in [0.4, 0.5) is 20.7 Å². The van der Waals surface area contributed by atoms with Crippen molar-refractivity contribution in [3.63, 3.8) is 0 Å². The van der Waals surface area contributed by atoms with Crippen molar-refractivity contribution in [2.45, 2.75) is 25.4 Å². The number of anilines is 2. The Morgan fingerprint density at radius 3 is 2.76 bits per heavy atom. The van der Waals surface area contributed by atoms with E-state index in [9.17, 15) is 9.18 Å². The first-order valence-corrected chi connectivity index (χ1v) is 11.3. The predicted molar refractivity (Wildman–Crippen MR) is 130 cm³/mol. The predicted octanol–water partition coefficient (Wildman–Crippen LogP) is 4.41. The molecule has 174 valence electrons. The molecule has 3 aromatic rings. The Kier molecular flexibility index (Phi) is 7.57. The van der Waals surface area contributed by atoms with Gasteiger partial charge >= 0.3 is 6.03 Å². The van der Waals surface area contributed by atoms with Gasteiger partial charge in [0.15, 0.2) is 0 Å². The molecular weight excluding hydrogens is 421 g/mol. The van der Waals surface area contributed by atoms with E-state index in [1.807, 2.05) is 54.6 Å². The number of hydrogen-bond donors (Lipinski definition) is 3. The molecule has 7 nitrogen and oxygen atoms in total. The van der Waals surface area contributed by atoms with Crippen molar-refractivity contribution < 1.29 is 13.9 Å². The van der Waals surface area contributed by atoms with E-state index in [-0.39, 0.29) is 18.7 Å². The van der Waals surface area contributed by atoms with Crippen molar-refractivity contribution in [2.75, 3.05) is 44.1 Å². The summed E-state index contributed by atoms with van der Waals surface area (Å²) in [7, 11) is 1.66. The molecule has 0 aliphatic carbocycles. The van der Waals surface area contributed by atoms with Gasteiger partial charge in [-0.2, -0.15) is 0 Å². The zero-order chi connectivity index (χ0) is 23.0. The maximum atomic E-state index is 12.5. The average Bonchev–Trinajstić information content (AvgIpc) is 2.84. The molecule has 33 heavy (non-hydrogen) atoms. The molecule has 0 spiro atoms. The third kappa shape index (κ3) is 6.10. The summed E-state index contributed by atoms with van der Waals surface area (Å²) < 4.78 is 17.9. The van der Waals surface area contributed by atoms with E-state index in [0.717, 1.165) is 54.0 Å². The zero-order valence-electron chi connectivity index (χ0n) is 18.8. The number of ether oxygens (including phenoxy) is 1. The summed E-state index contributed by atoms with van der Waals surface area (Å²) in [5, 5.41) is 10.2. The van der Waals surface area contributed by atoms with E-state index < -0.39 is 0 Å². The second-order valence-corrected chi connectivity index (χ2v) is 8.17. The van der Waals surface area contributed by atoms with Crippen LogP contribution in [0.5, 0.6) is 5.75 Å². The van der Waals surface area contributed by atoms with Gasteiger partial charge in [-0.15, -0.1) is 0 Å². The highest BCUT2D eigenvalue weighted by molar-refractivity contribution is 5.93. The number of nitrogens with one attached hydrogen (secondary N) is 3. The summed E-state index contributed by atoms with van der Waals surface area (Å²) in [5.74, 6) is 1.61. The maximum Gasteiger partial charge on any atom is 0.319 e. The van der Waals surface area contributed by atoms with Crippen LogP contribution in [0.15, 0.2) is 54.6 Å². The molecule has 2 amide bonds. The highest BCUT2D eigenvalue weighted by Gasteiger charge is 2.20. The number of para-hydroxylation sites is 1. The van der Waals surface area contributed by atoms with Gasteiger partial charge < -0.3 is 25.6 Å². The summed E-state index contributed by atoms with van der Waals surface area (Å²) in [6.45, 7) is 2.37. The van der Waals surface area contributed by atoms with Crippen LogP contribution in [-0.2, 0) is 6.54 Å². The number of nitrogens with zero attached hydrogens (tertiary/aromatic N) is 2. The van der Waals surface area contributed by atoms with Crippen LogP contribution in [0.3, 0.4) is 0 Å². The number of pyridine rings is 1. The number of alkyl halides is 1. The topological polar surface area (TPSA) is 78.5 Å². The summed E-state index contributed by atoms with van der Waals surface area (Å²) in [5.41, 5.74) is 2.61. The molecule has 2 aromatic carbocycles. The Morgan fingerprint density at radius 2 is 1.97 bits per heavy atom. The third-order valence-electron chi connectivity index (χ3n) is 5.92. The number of carbonyl (C=O) groups is 1. The van der Waals surface area contributed by atoms with Crippen molar-refractivity contribution in [1.29, 1.82) is 0 Å². The molecule has 4 rings (SSSR count). The number of methoxy groups -OCH3 is 1. The van der Waals surface area contributed by atoms with Crippen LogP contribution < -0.4 is 20.7 Å². The number of carbonyl (C=O) groups excluding carboxylic acids is 1. The van der Waals surface area contributed by atoms with Crippen LogP contribution >= 0.6 is 0 Å². The van der Waals surface area contributed by atoms with Crippen LogP contribution in [0, 0.1) is 0 Å². The van der Waals surface area contributed by atoms with Crippen molar-refractivity contribution in [3.05, 3.63) is 60.2 Å². The third-order valence-corrected chi connectivity index (χ3v) is 5.92. The highest BCUT2D eigenvalue weighted by atomic mass is 19.1. The first kappa shape index (κ1) is 22.8. The number of fused-ring (bicyclic) bond motifs is 1. The minimum atomic E-state index is -0.325. The van der Waals surface area contributed by atoms with Crippen molar-refractivity contribution >= 4 is 28.4 Å². The fourth-order valence-electron chi connectivity index (χ4n) is 4.11. The fourth-order valence-corrected chi connectivity index (χ4v) is 4.11. The molecule has 2 heterocycles. The summed E-state index contributed by atoms with van der Waals surface area (Å²) in [4.78, 5) is 19.2. The van der Waals surface area contributed by atoms with Crippen LogP contribution in [0.25, 0.3) is 10.9 Å². The van der Waals surface area contributed by atoms with E-state index in [1.54, 1.807) is 7.11 Å². The zero-order valence-corrected chi connectivity index (χ0v) is 18.8. The fraction of sp³-hybridized carbons (Fsp3) is 0.360. The van der Waals surface area contributed by atoms with Gasteiger partial charge in [0.25, 0.3) is 0 Å². The maximum absolute atomic E-state index is 12.5. The lowest BCUT2D eigenvalue weighted by Gasteiger charge is -2.31.